The van der Waals surface area contributed by atoms with E-state index in [0.29, 0.717) is 30.2 Å². The van der Waals surface area contributed by atoms with Crippen molar-refractivity contribution in [1.29, 1.82) is 0 Å². The van der Waals surface area contributed by atoms with Gasteiger partial charge in [0.15, 0.2) is 0 Å². The van der Waals surface area contributed by atoms with Crippen molar-refractivity contribution < 1.29 is 27.5 Å². The molecule has 1 saturated heterocycles. The van der Waals surface area contributed by atoms with Crippen molar-refractivity contribution in [2.45, 2.75) is 4.90 Å². The molecule has 1 fully saturated rings. The first-order valence-corrected chi connectivity index (χ1v) is 11.5. The molecule has 0 aliphatic carbocycles. The summed E-state index contributed by atoms with van der Waals surface area (Å²) in [5.41, 5.74) is 1.68. The summed E-state index contributed by atoms with van der Waals surface area (Å²) in [7, 11) is -2.38. The summed E-state index contributed by atoms with van der Waals surface area (Å²) in [6.07, 6.45) is 2.84. The second kappa shape index (κ2) is 9.11. The van der Waals surface area contributed by atoms with Crippen LogP contribution in [-0.4, -0.2) is 64.5 Å². The van der Waals surface area contributed by atoms with Gasteiger partial charge in [0.1, 0.15) is 17.2 Å². The summed E-state index contributed by atoms with van der Waals surface area (Å²) in [6, 6.07) is 11.7. The zero-order valence-corrected chi connectivity index (χ0v) is 18.3. The first kappa shape index (κ1) is 22.0. The van der Waals surface area contributed by atoms with Gasteiger partial charge in [-0.3, -0.25) is 14.5 Å². The third-order valence-corrected chi connectivity index (χ3v) is 7.15. The summed E-state index contributed by atoms with van der Waals surface area (Å²) in [6.45, 7) is 1.10. The summed E-state index contributed by atoms with van der Waals surface area (Å²) >= 11 is 0. The fourth-order valence-corrected chi connectivity index (χ4v) is 5.21. The Hall–Kier alpha value is -3.21. The maximum atomic E-state index is 13.1. The van der Waals surface area contributed by atoms with Gasteiger partial charge in [-0.15, -0.1) is 0 Å². The van der Waals surface area contributed by atoms with Crippen molar-refractivity contribution >= 4 is 39.3 Å². The molecule has 0 spiro atoms. The van der Waals surface area contributed by atoms with E-state index in [9.17, 15) is 18.0 Å². The lowest BCUT2D eigenvalue weighted by molar-refractivity contribution is -0.119. The molecule has 4 rings (SSSR count). The van der Waals surface area contributed by atoms with Gasteiger partial charge in [-0.05, 0) is 35.9 Å². The highest BCUT2D eigenvalue weighted by atomic mass is 32.2. The van der Waals surface area contributed by atoms with Gasteiger partial charge in [-0.2, -0.15) is 4.31 Å². The fraction of sp³-hybridized carbons (Fsp3) is 0.273. The number of nitrogens with zero attached hydrogens (tertiary/aromatic N) is 2. The third kappa shape index (κ3) is 4.38. The second-order valence-corrected chi connectivity index (χ2v) is 9.16. The van der Waals surface area contributed by atoms with E-state index in [1.54, 1.807) is 36.4 Å². The topological polar surface area (TPSA) is 105 Å². The van der Waals surface area contributed by atoms with Crippen LogP contribution >= 0.6 is 0 Å². The zero-order valence-electron chi connectivity index (χ0n) is 17.5. The summed E-state index contributed by atoms with van der Waals surface area (Å²) in [4.78, 5) is 26.2. The number of para-hydroxylation sites is 2. The summed E-state index contributed by atoms with van der Waals surface area (Å²) < 4.78 is 38.1. The van der Waals surface area contributed by atoms with E-state index in [2.05, 4.69) is 5.32 Å². The number of fused-ring (bicyclic) bond motifs is 1. The SMILES string of the molecule is COc1ccc(/C=C/C(=O)N2CC(=O)Nc3ccccc32)cc1S(=O)(=O)N1CCOCC1. The lowest BCUT2D eigenvalue weighted by Crippen LogP contribution is -2.41. The van der Waals surface area contributed by atoms with Crippen molar-refractivity contribution in [3.05, 3.63) is 54.1 Å². The number of anilines is 2. The lowest BCUT2D eigenvalue weighted by Gasteiger charge is -2.28. The number of benzene rings is 2. The number of sulfonamides is 1. The minimum absolute atomic E-state index is 0.0270. The van der Waals surface area contributed by atoms with Crippen LogP contribution in [-0.2, 0) is 24.3 Å². The molecule has 2 amide bonds. The Balaban J connectivity index is 1.60. The average Bonchev–Trinajstić information content (AvgIpc) is 2.82. The van der Waals surface area contributed by atoms with Gasteiger partial charge in [0.05, 0.1) is 31.7 Å². The van der Waals surface area contributed by atoms with Crippen molar-refractivity contribution in [3.8, 4) is 5.75 Å². The molecule has 2 heterocycles. The Labute approximate surface area is 186 Å². The molecule has 2 aromatic rings. The fourth-order valence-electron chi connectivity index (χ4n) is 3.61. The number of amides is 2. The van der Waals surface area contributed by atoms with Gasteiger partial charge in [-0.1, -0.05) is 18.2 Å². The quantitative estimate of drug-likeness (QED) is 0.686. The molecule has 9 nitrogen and oxygen atoms in total. The summed E-state index contributed by atoms with van der Waals surface area (Å²) in [5.74, 6) is -0.448. The van der Waals surface area contributed by atoms with E-state index in [1.165, 1.54) is 34.5 Å². The van der Waals surface area contributed by atoms with E-state index < -0.39 is 10.0 Å². The van der Waals surface area contributed by atoms with Crippen molar-refractivity contribution in [2.75, 3.05) is 50.2 Å². The molecular weight excluding hydrogens is 434 g/mol. The largest absolute Gasteiger partial charge is 0.495 e. The number of morpholine rings is 1. The standard InChI is InChI=1S/C22H23N3O6S/c1-30-19-8-6-16(14-20(19)32(28,29)24-10-12-31-13-11-24)7-9-22(27)25-15-21(26)23-17-4-2-3-5-18(17)25/h2-9,14H,10-13,15H2,1H3,(H,23,26)/b9-7+. The Morgan fingerprint density at radius 3 is 2.66 bits per heavy atom. The van der Waals surface area contributed by atoms with E-state index in [1.807, 2.05) is 0 Å². The van der Waals surface area contributed by atoms with E-state index >= 15 is 0 Å². The molecular formula is C22H23N3O6S. The maximum absolute atomic E-state index is 13.1. The molecule has 0 saturated carbocycles. The van der Waals surface area contributed by atoms with Crippen LogP contribution in [0.2, 0.25) is 0 Å². The zero-order chi connectivity index (χ0) is 22.7. The molecule has 10 heteroatoms. The molecule has 0 radical (unpaired) electrons. The van der Waals surface area contributed by atoms with Gasteiger partial charge < -0.3 is 14.8 Å². The van der Waals surface area contributed by atoms with Crippen LogP contribution in [0.5, 0.6) is 5.75 Å². The highest BCUT2D eigenvalue weighted by molar-refractivity contribution is 7.89. The minimum atomic E-state index is -3.79. The molecule has 2 aromatic carbocycles. The van der Waals surface area contributed by atoms with E-state index in [4.69, 9.17) is 9.47 Å². The number of nitrogens with one attached hydrogen (secondary N) is 1. The van der Waals surface area contributed by atoms with Gasteiger partial charge in [0, 0.05) is 19.2 Å². The maximum Gasteiger partial charge on any atom is 0.251 e. The number of hydrogen-bond acceptors (Lipinski definition) is 6. The number of carbonyl (C=O) groups excluding carboxylic acids is 2. The molecule has 0 aromatic heterocycles. The Bertz CT molecular complexity index is 1170. The molecule has 0 bridgehead atoms. The minimum Gasteiger partial charge on any atom is -0.495 e. The molecule has 32 heavy (non-hydrogen) atoms. The van der Waals surface area contributed by atoms with Crippen LogP contribution in [0.1, 0.15) is 5.56 Å². The average molecular weight is 458 g/mol. The Morgan fingerprint density at radius 2 is 1.91 bits per heavy atom. The first-order valence-electron chi connectivity index (χ1n) is 10.0. The second-order valence-electron chi connectivity index (χ2n) is 7.25. The molecule has 168 valence electrons. The van der Waals surface area contributed by atoms with Crippen LogP contribution in [0.3, 0.4) is 0 Å². The molecule has 2 aliphatic heterocycles. The molecule has 1 N–H and O–H groups in total. The van der Waals surface area contributed by atoms with Crippen molar-refractivity contribution in [2.24, 2.45) is 0 Å². The predicted molar refractivity (Wildman–Crippen MR) is 119 cm³/mol. The van der Waals surface area contributed by atoms with Crippen molar-refractivity contribution in [3.63, 3.8) is 0 Å². The number of ether oxygens (including phenoxy) is 2. The Morgan fingerprint density at radius 1 is 1.16 bits per heavy atom. The lowest BCUT2D eigenvalue weighted by atomic mass is 10.1. The molecule has 0 unspecified atom stereocenters. The van der Waals surface area contributed by atoms with Gasteiger partial charge in [0.2, 0.25) is 15.9 Å². The Kier molecular flexibility index (Phi) is 6.26. The van der Waals surface area contributed by atoms with Crippen LogP contribution in [0, 0.1) is 0 Å². The molecule has 2 aliphatic rings. The highest BCUT2D eigenvalue weighted by Gasteiger charge is 2.29. The van der Waals surface area contributed by atoms with E-state index in [0.717, 1.165) is 0 Å². The first-order chi connectivity index (χ1) is 15.4. The smallest absolute Gasteiger partial charge is 0.251 e. The van der Waals surface area contributed by atoms with Crippen LogP contribution in [0.25, 0.3) is 6.08 Å². The number of hydrogen-bond donors (Lipinski definition) is 1. The summed E-state index contributed by atoms with van der Waals surface area (Å²) in [5, 5.41) is 2.74. The number of methoxy groups -OCH3 is 1. The van der Waals surface area contributed by atoms with E-state index in [-0.39, 0.29) is 42.1 Å². The number of carbonyl (C=O) groups is 2. The number of rotatable bonds is 5. The van der Waals surface area contributed by atoms with Crippen molar-refractivity contribution in [1.82, 2.24) is 4.31 Å². The normalized spacial score (nSPS) is 17.2. The molecule has 0 atom stereocenters. The van der Waals surface area contributed by atoms with Crippen LogP contribution in [0.15, 0.2) is 53.4 Å². The third-order valence-electron chi connectivity index (χ3n) is 5.23. The monoisotopic (exact) mass is 457 g/mol. The van der Waals surface area contributed by atoms with Gasteiger partial charge in [-0.25, -0.2) is 8.42 Å². The van der Waals surface area contributed by atoms with Crippen LogP contribution < -0.4 is 15.0 Å². The predicted octanol–water partition coefficient (Wildman–Crippen LogP) is 1.71. The van der Waals surface area contributed by atoms with Gasteiger partial charge in [0.25, 0.3) is 5.91 Å². The van der Waals surface area contributed by atoms with Gasteiger partial charge >= 0.3 is 0 Å². The highest BCUT2D eigenvalue weighted by Crippen LogP contribution is 2.30. The van der Waals surface area contributed by atoms with Crippen LogP contribution in [0.4, 0.5) is 11.4 Å².